The van der Waals surface area contributed by atoms with Crippen LogP contribution in [-0.4, -0.2) is 52.5 Å². The summed E-state index contributed by atoms with van der Waals surface area (Å²) in [6.45, 7) is 1.92. The number of urea groups is 1. The summed E-state index contributed by atoms with van der Waals surface area (Å²) in [5, 5.41) is 2.48. The average Bonchev–Trinajstić information content (AvgIpc) is 2.83. The highest BCUT2D eigenvalue weighted by Gasteiger charge is 2.26. The van der Waals surface area contributed by atoms with Crippen molar-refractivity contribution in [3.63, 3.8) is 0 Å². The first kappa shape index (κ1) is 12.9. The van der Waals surface area contributed by atoms with E-state index >= 15 is 0 Å². The van der Waals surface area contributed by atoms with Crippen LogP contribution in [0, 0.1) is 6.92 Å². The van der Waals surface area contributed by atoms with E-state index in [2.05, 4.69) is 15.3 Å². The fourth-order valence-corrected chi connectivity index (χ4v) is 1.49. The number of aryl methyl sites for hydroxylation is 1. The maximum Gasteiger partial charge on any atom is 0.359 e. The summed E-state index contributed by atoms with van der Waals surface area (Å²) in [6.07, 6.45) is 2.69. The van der Waals surface area contributed by atoms with Gasteiger partial charge in [0.05, 0.1) is 11.9 Å². The molecule has 0 bridgehead atoms. The van der Waals surface area contributed by atoms with Gasteiger partial charge >= 0.3 is 12.0 Å². The number of imide groups is 1. The van der Waals surface area contributed by atoms with Gasteiger partial charge in [-0.15, -0.1) is 0 Å². The first-order chi connectivity index (χ1) is 9.08. The van der Waals surface area contributed by atoms with E-state index in [1.807, 2.05) is 0 Å². The Morgan fingerprint density at radius 1 is 1.42 bits per heavy atom. The maximum atomic E-state index is 11.6. The van der Waals surface area contributed by atoms with E-state index in [9.17, 15) is 14.4 Å². The Bertz CT molecular complexity index is 514. The fraction of sp³-hybridized carbons (Fsp3) is 0.364. The molecule has 8 nitrogen and oxygen atoms in total. The molecule has 0 unspecified atom stereocenters. The molecule has 0 saturated carbocycles. The summed E-state index contributed by atoms with van der Waals surface area (Å²) in [5.41, 5.74) is 0.686. The molecular weight excluding hydrogens is 252 g/mol. The number of ether oxygens (including phenoxy) is 1. The Morgan fingerprint density at radius 3 is 2.79 bits per heavy atom. The number of aromatic nitrogens is 2. The summed E-state index contributed by atoms with van der Waals surface area (Å²) >= 11 is 0. The predicted molar refractivity (Wildman–Crippen MR) is 62.2 cm³/mol. The Kier molecular flexibility index (Phi) is 3.69. The van der Waals surface area contributed by atoms with Crippen LogP contribution in [-0.2, 0) is 9.53 Å². The van der Waals surface area contributed by atoms with E-state index in [-0.39, 0.29) is 12.2 Å². The number of carbonyl (C=O) groups is 3. The SMILES string of the molecule is Cc1cnc(C(=O)OCC(=O)N2CCNC2=O)cn1. The Balaban J connectivity index is 1.88. The van der Waals surface area contributed by atoms with Crippen LogP contribution in [0.2, 0.25) is 0 Å². The number of nitrogens with one attached hydrogen (secondary N) is 1. The van der Waals surface area contributed by atoms with Gasteiger partial charge in [-0.2, -0.15) is 0 Å². The lowest BCUT2D eigenvalue weighted by Gasteiger charge is -2.11. The molecule has 100 valence electrons. The van der Waals surface area contributed by atoms with Gasteiger partial charge in [0.15, 0.2) is 12.3 Å². The minimum Gasteiger partial charge on any atom is -0.451 e. The van der Waals surface area contributed by atoms with E-state index in [0.29, 0.717) is 12.2 Å². The van der Waals surface area contributed by atoms with E-state index in [0.717, 1.165) is 4.90 Å². The molecule has 0 aromatic carbocycles. The molecule has 8 heteroatoms. The van der Waals surface area contributed by atoms with E-state index in [1.54, 1.807) is 6.92 Å². The van der Waals surface area contributed by atoms with Crippen LogP contribution in [0.4, 0.5) is 4.79 Å². The Hall–Kier alpha value is -2.51. The van der Waals surface area contributed by atoms with Crippen molar-refractivity contribution in [2.75, 3.05) is 19.7 Å². The highest BCUT2D eigenvalue weighted by atomic mass is 16.5. The lowest BCUT2D eigenvalue weighted by molar-refractivity contribution is -0.130. The highest BCUT2D eigenvalue weighted by molar-refractivity contribution is 5.97. The minimum absolute atomic E-state index is 0.0178. The molecule has 0 spiro atoms. The predicted octanol–water partition coefficient (Wildman–Crippen LogP) is -0.506. The monoisotopic (exact) mass is 264 g/mol. The van der Waals surface area contributed by atoms with Crippen molar-refractivity contribution in [3.8, 4) is 0 Å². The molecule has 19 heavy (non-hydrogen) atoms. The Labute approximate surface area is 108 Å². The molecule has 1 aliphatic rings. The molecular formula is C11H12N4O4. The maximum absolute atomic E-state index is 11.6. The van der Waals surface area contributed by atoms with Crippen molar-refractivity contribution in [3.05, 3.63) is 23.8 Å². The number of rotatable bonds is 3. The third-order valence-electron chi connectivity index (χ3n) is 2.47. The summed E-state index contributed by atoms with van der Waals surface area (Å²) in [5.74, 6) is -1.32. The van der Waals surface area contributed by atoms with Crippen LogP contribution in [0.25, 0.3) is 0 Å². The van der Waals surface area contributed by atoms with E-state index in [4.69, 9.17) is 4.74 Å². The lowest BCUT2D eigenvalue weighted by Crippen LogP contribution is -2.37. The average molecular weight is 264 g/mol. The highest BCUT2D eigenvalue weighted by Crippen LogP contribution is 2.01. The molecule has 3 amide bonds. The third-order valence-corrected chi connectivity index (χ3v) is 2.47. The van der Waals surface area contributed by atoms with Crippen molar-refractivity contribution < 1.29 is 19.1 Å². The van der Waals surface area contributed by atoms with E-state index in [1.165, 1.54) is 12.4 Å². The molecule has 1 aliphatic heterocycles. The number of hydrogen-bond donors (Lipinski definition) is 1. The van der Waals surface area contributed by atoms with Crippen LogP contribution in [0.1, 0.15) is 16.2 Å². The second-order valence-corrected chi connectivity index (χ2v) is 3.90. The molecule has 0 atom stereocenters. The standard InChI is InChI=1S/C11H12N4O4/c1-7-4-14-8(5-13-7)10(17)19-6-9(16)15-3-2-12-11(15)18/h4-5H,2-3,6H2,1H3,(H,12,18). The van der Waals surface area contributed by atoms with Crippen molar-refractivity contribution in [1.29, 1.82) is 0 Å². The van der Waals surface area contributed by atoms with Gasteiger partial charge in [-0.1, -0.05) is 0 Å². The van der Waals surface area contributed by atoms with Crippen LogP contribution >= 0.6 is 0 Å². The Morgan fingerprint density at radius 2 is 2.21 bits per heavy atom. The van der Waals surface area contributed by atoms with Gasteiger partial charge in [0.1, 0.15) is 0 Å². The second kappa shape index (κ2) is 5.42. The van der Waals surface area contributed by atoms with Crippen LogP contribution in [0.3, 0.4) is 0 Å². The largest absolute Gasteiger partial charge is 0.451 e. The molecule has 1 aromatic rings. The van der Waals surface area contributed by atoms with Gasteiger partial charge in [-0.25, -0.2) is 14.6 Å². The van der Waals surface area contributed by atoms with Crippen LogP contribution in [0.5, 0.6) is 0 Å². The summed E-state index contributed by atoms with van der Waals surface area (Å²) < 4.78 is 4.78. The molecule has 0 radical (unpaired) electrons. The lowest BCUT2D eigenvalue weighted by atomic mass is 10.4. The minimum atomic E-state index is -0.750. The van der Waals surface area contributed by atoms with Crippen molar-refractivity contribution >= 4 is 17.9 Å². The molecule has 2 rings (SSSR count). The van der Waals surface area contributed by atoms with Crippen LogP contribution < -0.4 is 5.32 Å². The summed E-state index contributed by atoms with van der Waals surface area (Å²) in [6, 6.07) is -0.476. The van der Waals surface area contributed by atoms with Gasteiger partial charge < -0.3 is 10.1 Å². The first-order valence-electron chi connectivity index (χ1n) is 5.62. The summed E-state index contributed by atoms with van der Waals surface area (Å²) in [7, 11) is 0. The molecule has 1 aromatic heterocycles. The quantitative estimate of drug-likeness (QED) is 0.738. The number of amides is 3. The summed E-state index contributed by atoms with van der Waals surface area (Å²) in [4.78, 5) is 43.1. The number of esters is 1. The molecule has 1 N–H and O–H groups in total. The van der Waals surface area contributed by atoms with Gasteiger partial charge in [-0.3, -0.25) is 14.7 Å². The number of carbonyl (C=O) groups excluding carboxylic acids is 3. The smallest absolute Gasteiger partial charge is 0.359 e. The first-order valence-corrected chi connectivity index (χ1v) is 5.62. The van der Waals surface area contributed by atoms with Crippen molar-refractivity contribution in [2.45, 2.75) is 6.92 Å². The zero-order valence-electron chi connectivity index (χ0n) is 10.3. The number of hydrogen-bond acceptors (Lipinski definition) is 6. The number of nitrogens with zero attached hydrogens (tertiary/aromatic N) is 3. The molecule has 0 aliphatic carbocycles. The van der Waals surface area contributed by atoms with Gasteiger partial charge in [0, 0.05) is 19.3 Å². The molecule has 2 heterocycles. The van der Waals surface area contributed by atoms with E-state index < -0.39 is 24.5 Å². The topological polar surface area (TPSA) is 101 Å². The molecule has 1 fully saturated rings. The third kappa shape index (κ3) is 3.03. The van der Waals surface area contributed by atoms with Gasteiger partial charge in [0.25, 0.3) is 5.91 Å². The molecule has 1 saturated heterocycles. The van der Waals surface area contributed by atoms with Crippen molar-refractivity contribution in [1.82, 2.24) is 20.2 Å². The van der Waals surface area contributed by atoms with Crippen molar-refractivity contribution in [2.24, 2.45) is 0 Å². The zero-order chi connectivity index (χ0) is 13.8. The second-order valence-electron chi connectivity index (χ2n) is 3.90. The van der Waals surface area contributed by atoms with Gasteiger partial charge in [-0.05, 0) is 6.92 Å². The van der Waals surface area contributed by atoms with Gasteiger partial charge in [0.2, 0.25) is 0 Å². The van der Waals surface area contributed by atoms with Crippen LogP contribution in [0.15, 0.2) is 12.4 Å². The normalized spacial score (nSPS) is 14.2. The zero-order valence-corrected chi connectivity index (χ0v) is 10.3. The fourth-order valence-electron chi connectivity index (χ4n) is 1.49.